The fourth-order valence-electron chi connectivity index (χ4n) is 1.59. The first kappa shape index (κ1) is 13.6. The van der Waals surface area contributed by atoms with Crippen LogP contribution in [0.2, 0.25) is 0 Å². The molecule has 1 aromatic carbocycles. The van der Waals surface area contributed by atoms with Gasteiger partial charge in [-0.3, -0.25) is 0 Å². The lowest BCUT2D eigenvalue weighted by Gasteiger charge is -2.22. The molecular formula is C13H22N2O2. The number of nitrogens with two attached hydrogens (primary N) is 1. The topological polar surface area (TPSA) is 47.7 Å². The molecule has 4 heteroatoms. The summed E-state index contributed by atoms with van der Waals surface area (Å²) in [5.74, 6) is 0.708. The number of anilines is 2. The summed E-state index contributed by atoms with van der Waals surface area (Å²) in [6.45, 7) is 5.54. The van der Waals surface area contributed by atoms with E-state index in [0.717, 1.165) is 12.2 Å². The number of rotatable bonds is 6. The van der Waals surface area contributed by atoms with Gasteiger partial charge in [0.25, 0.3) is 0 Å². The average molecular weight is 238 g/mol. The molecule has 1 aromatic rings. The Morgan fingerprint density at radius 1 is 1.35 bits per heavy atom. The zero-order valence-corrected chi connectivity index (χ0v) is 11.1. The van der Waals surface area contributed by atoms with Crippen LogP contribution in [0, 0.1) is 0 Å². The maximum Gasteiger partial charge on any atom is 0.143 e. The highest BCUT2D eigenvalue weighted by Gasteiger charge is 2.09. The zero-order valence-electron chi connectivity index (χ0n) is 11.1. The molecule has 17 heavy (non-hydrogen) atoms. The van der Waals surface area contributed by atoms with Crippen LogP contribution in [0.4, 0.5) is 11.4 Å². The molecule has 1 rings (SSSR count). The molecule has 0 aromatic heterocycles. The van der Waals surface area contributed by atoms with Gasteiger partial charge in [0, 0.05) is 13.6 Å². The summed E-state index contributed by atoms with van der Waals surface area (Å²) in [5.41, 5.74) is 7.66. The molecule has 0 fully saturated rings. The lowest BCUT2D eigenvalue weighted by atomic mass is 10.2. The fraction of sp³-hybridized carbons (Fsp3) is 0.538. The third-order valence-corrected chi connectivity index (χ3v) is 2.55. The molecule has 2 N–H and O–H groups in total. The molecule has 0 bridgehead atoms. The van der Waals surface area contributed by atoms with Crippen LogP contribution in [-0.2, 0) is 4.74 Å². The van der Waals surface area contributed by atoms with E-state index in [9.17, 15) is 0 Å². The predicted molar refractivity (Wildman–Crippen MR) is 71.8 cm³/mol. The Morgan fingerprint density at radius 3 is 2.65 bits per heavy atom. The summed E-state index contributed by atoms with van der Waals surface area (Å²) in [7, 11) is 3.62. The van der Waals surface area contributed by atoms with E-state index in [4.69, 9.17) is 15.2 Å². The third-order valence-electron chi connectivity index (χ3n) is 2.55. The molecule has 0 aliphatic rings. The largest absolute Gasteiger partial charge is 0.495 e. The number of nitrogens with zero attached hydrogens (tertiary/aromatic N) is 1. The van der Waals surface area contributed by atoms with Crippen LogP contribution in [-0.4, -0.2) is 33.4 Å². The molecule has 4 nitrogen and oxygen atoms in total. The first-order valence-corrected chi connectivity index (χ1v) is 5.81. The van der Waals surface area contributed by atoms with E-state index in [1.807, 2.05) is 39.1 Å². The normalized spacial score (nSPS) is 10.6. The Morgan fingerprint density at radius 2 is 2.06 bits per heavy atom. The number of likely N-dealkylation sites (N-methyl/N-ethyl adjacent to an activating group) is 1. The number of benzene rings is 1. The van der Waals surface area contributed by atoms with E-state index in [2.05, 4.69) is 4.90 Å². The van der Waals surface area contributed by atoms with Crippen molar-refractivity contribution >= 4 is 11.4 Å². The minimum Gasteiger partial charge on any atom is -0.495 e. The van der Waals surface area contributed by atoms with Gasteiger partial charge in [-0.1, -0.05) is 6.07 Å². The van der Waals surface area contributed by atoms with E-state index >= 15 is 0 Å². The van der Waals surface area contributed by atoms with E-state index in [1.54, 1.807) is 7.11 Å². The first-order valence-electron chi connectivity index (χ1n) is 5.81. The number of nitrogen functional groups attached to an aromatic ring is 1. The van der Waals surface area contributed by atoms with Crippen molar-refractivity contribution in [1.29, 1.82) is 0 Å². The second kappa shape index (κ2) is 6.35. The van der Waals surface area contributed by atoms with Crippen molar-refractivity contribution in [1.82, 2.24) is 0 Å². The highest BCUT2D eigenvalue weighted by Crippen LogP contribution is 2.31. The summed E-state index contributed by atoms with van der Waals surface area (Å²) >= 11 is 0. The molecule has 0 radical (unpaired) electrons. The van der Waals surface area contributed by atoms with E-state index < -0.39 is 0 Å². The number of hydrogen-bond donors (Lipinski definition) is 1. The second-order valence-electron chi connectivity index (χ2n) is 4.23. The highest BCUT2D eigenvalue weighted by atomic mass is 16.5. The second-order valence-corrected chi connectivity index (χ2v) is 4.23. The van der Waals surface area contributed by atoms with Gasteiger partial charge in [-0.05, 0) is 26.0 Å². The summed E-state index contributed by atoms with van der Waals surface area (Å²) < 4.78 is 10.7. The number of hydrogen-bond acceptors (Lipinski definition) is 4. The highest BCUT2D eigenvalue weighted by molar-refractivity contribution is 5.73. The van der Waals surface area contributed by atoms with E-state index in [0.29, 0.717) is 18.0 Å². The lowest BCUT2D eigenvalue weighted by Crippen LogP contribution is -2.24. The molecule has 0 spiro atoms. The molecule has 0 aliphatic heterocycles. The van der Waals surface area contributed by atoms with Crippen molar-refractivity contribution in [2.24, 2.45) is 0 Å². The molecule has 0 atom stereocenters. The summed E-state index contributed by atoms with van der Waals surface area (Å²) in [6.07, 6.45) is 0.256. The Bertz CT molecular complexity index is 353. The lowest BCUT2D eigenvalue weighted by molar-refractivity contribution is 0.0846. The van der Waals surface area contributed by atoms with Crippen molar-refractivity contribution in [3.8, 4) is 5.75 Å². The molecule has 0 unspecified atom stereocenters. The van der Waals surface area contributed by atoms with Gasteiger partial charge in [0.15, 0.2) is 0 Å². The first-order chi connectivity index (χ1) is 8.06. The summed E-state index contributed by atoms with van der Waals surface area (Å²) in [4.78, 5) is 2.07. The van der Waals surface area contributed by atoms with Crippen molar-refractivity contribution in [3.63, 3.8) is 0 Å². The van der Waals surface area contributed by atoms with Crippen LogP contribution < -0.4 is 15.4 Å². The molecule has 96 valence electrons. The zero-order chi connectivity index (χ0) is 12.8. The van der Waals surface area contributed by atoms with Gasteiger partial charge < -0.3 is 20.1 Å². The van der Waals surface area contributed by atoms with Gasteiger partial charge in [-0.15, -0.1) is 0 Å². The van der Waals surface area contributed by atoms with Crippen molar-refractivity contribution in [2.45, 2.75) is 20.0 Å². The maximum absolute atomic E-state index is 6.02. The van der Waals surface area contributed by atoms with Gasteiger partial charge in [0.1, 0.15) is 5.75 Å². The molecule has 0 saturated heterocycles. The Kier molecular flexibility index (Phi) is 5.10. The van der Waals surface area contributed by atoms with Gasteiger partial charge in [-0.25, -0.2) is 0 Å². The van der Waals surface area contributed by atoms with E-state index in [1.165, 1.54) is 0 Å². The van der Waals surface area contributed by atoms with Crippen LogP contribution in [0.3, 0.4) is 0 Å². The number of para-hydroxylation sites is 1. The standard InChI is InChI=1S/C13H22N2O2/c1-10(2)17-9-8-15(3)11-6-5-7-12(16-4)13(11)14/h5-7,10H,8-9,14H2,1-4H3. The van der Waals surface area contributed by atoms with Gasteiger partial charge in [0.2, 0.25) is 0 Å². The monoisotopic (exact) mass is 238 g/mol. The summed E-state index contributed by atoms with van der Waals surface area (Å²) in [5, 5.41) is 0. The van der Waals surface area contributed by atoms with Gasteiger partial charge >= 0.3 is 0 Å². The van der Waals surface area contributed by atoms with Crippen molar-refractivity contribution in [2.75, 3.05) is 37.9 Å². The minimum absolute atomic E-state index is 0.256. The van der Waals surface area contributed by atoms with Gasteiger partial charge in [0.05, 0.1) is 31.2 Å². The summed E-state index contributed by atoms with van der Waals surface area (Å²) in [6, 6.07) is 5.77. The van der Waals surface area contributed by atoms with Crippen LogP contribution in [0.15, 0.2) is 18.2 Å². The minimum atomic E-state index is 0.256. The number of ether oxygens (including phenoxy) is 2. The molecule has 0 heterocycles. The van der Waals surface area contributed by atoms with Crippen molar-refractivity contribution < 1.29 is 9.47 Å². The SMILES string of the molecule is COc1cccc(N(C)CCOC(C)C)c1N. The third kappa shape index (κ3) is 3.82. The van der Waals surface area contributed by atoms with Gasteiger partial charge in [-0.2, -0.15) is 0 Å². The molecule has 0 amide bonds. The molecular weight excluding hydrogens is 216 g/mol. The number of methoxy groups -OCH3 is 1. The molecule has 0 saturated carbocycles. The van der Waals surface area contributed by atoms with E-state index in [-0.39, 0.29) is 6.10 Å². The predicted octanol–water partition coefficient (Wildman–Crippen LogP) is 2.14. The Balaban J connectivity index is 2.65. The maximum atomic E-state index is 6.02. The average Bonchev–Trinajstić information content (AvgIpc) is 2.28. The van der Waals surface area contributed by atoms with Crippen molar-refractivity contribution in [3.05, 3.63) is 18.2 Å². The van der Waals surface area contributed by atoms with Crippen LogP contribution in [0.25, 0.3) is 0 Å². The van der Waals surface area contributed by atoms with Crippen LogP contribution in [0.1, 0.15) is 13.8 Å². The van der Waals surface area contributed by atoms with Crippen LogP contribution in [0.5, 0.6) is 5.75 Å². The quantitative estimate of drug-likeness (QED) is 0.771. The smallest absolute Gasteiger partial charge is 0.143 e. The van der Waals surface area contributed by atoms with Crippen LogP contribution >= 0.6 is 0 Å². The Labute approximate surface area is 103 Å². The fourth-order valence-corrected chi connectivity index (χ4v) is 1.59. The Hall–Kier alpha value is -1.42. The molecule has 0 aliphatic carbocycles.